The molecule has 4 aromatic rings. The first-order valence-electron chi connectivity index (χ1n) is 10.1. The molecule has 152 valence electrons. The Balaban J connectivity index is 1.35. The van der Waals surface area contributed by atoms with E-state index in [0.29, 0.717) is 0 Å². The number of hydrogen-bond donors (Lipinski definition) is 1. The summed E-state index contributed by atoms with van der Waals surface area (Å²) in [6, 6.07) is 10.8. The molecule has 0 spiro atoms. The van der Waals surface area contributed by atoms with E-state index in [9.17, 15) is 4.79 Å². The molecule has 0 aliphatic heterocycles. The van der Waals surface area contributed by atoms with Gasteiger partial charge in [0.1, 0.15) is 10.8 Å². The number of amides is 1. The summed E-state index contributed by atoms with van der Waals surface area (Å²) < 4.78 is 1.99. The molecule has 0 saturated heterocycles. The molecule has 1 unspecified atom stereocenters. The van der Waals surface area contributed by atoms with Gasteiger partial charge in [0.2, 0.25) is 5.91 Å². The van der Waals surface area contributed by atoms with Crippen LogP contribution in [0.3, 0.4) is 0 Å². The number of carbonyl (C=O) groups excluding carboxylic acids is 1. The van der Waals surface area contributed by atoms with Gasteiger partial charge < -0.3 is 5.32 Å². The van der Waals surface area contributed by atoms with Gasteiger partial charge in [0.15, 0.2) is 0 Å². The van der Waals surface area contributed by atoms with Gasteiger partial charge in [-0.1, -0.05) is 24.3 Å². The normalized spacial score (nSPS) is 15.7. The SMILES string of the molecule is Cc1cnn(C2CCCc3ccccc32)c1NC(=O)Cc1csc(-c2ccsc2)n1. The summed E-state index contributed by atoms with van der Waals surface area (Å²) in [7, 11) is 0. The minimum Gasteiger partial charge on any atom is -0.310 e. The lowest BCUT2D eigenvalue weighted by Crippen LogP contribution is -2.23. The standard InChI is InChI=1S/C23H22N4OS2/c1-15-12-24-27(20-8-4-6-16-5-2-3-7-19(16)20)22(15)26-21(28)11-18-14-30-23(25-18)17-9-10-29-13-17/h2-3,5,7,9-10,12-14,20H,4,6,8,11H2,1H3,(H,26,28). The third-order valence-electron chi connectivity index (χ3n) is 5.53. The second-order valence-corrected chi connectivity index (χ2v) is 9.25. The third-order valence-corrected chi connectivity index (χ3v) is 7.15. The zero-order chi connectivity index (χ0) is 20.5. The van der Waals surface area contributed by atoms with E-state index in [1.807, 2.05) is 28.6 Å². The average molecular weight is 435 g/mol. The lowest BCUT2D eigenvalue weighted by Gasteiger charge is -2.27. The van der Waals surface area contributed by atoms with Gasteiger partial charge in [-0.05, 0) is 48.8 Å². The number of thiazole rings is 1. The fourth-order valence-electron chi connectivity index (χ4n) is 4.07. The van der Waals surface area contributed by atoms with Gasteiger partial charge in [-0.2, -0.15) is 16.4 Å². The predicted molar refractivity (Wildman–Crippen MR) is 122 cm³/mol. The van der Waals surface area contributed by atoms with Gasteiger partial charge in [0, 0.05) is 21.9 Å². The average Bonchev–Trinajstić information content (AvgIpc) is 3.50. The molecule has 1 N–H and O–H groups in total. The summed E-state index contributed by atoms with van der Waals surface area (Å²) in [5, 5.41) is 14.8. The van der Waals surface area contributed by atoms with Crippen LogP contribution in [0.1, 0.15) is 41.3 Å². The number of rotatable bonds is 5. The smallest absolute Gasteiger partial charge is 0.231 e. The minimum absolute atomic E-state index is 0.0638. The lowest BCUT2D eigenvalue weighted by atomic mass is 9.88. The molecule has 1 aliphatic carbocycles. The monoisotopic (exact) mass is 434 g/mol. The van der Waals surface area contributed by atoms with Gasteiger partial charge in [-0.15, -0.1) is 11.3 Å². The van der Waals surface area contributed by atoms with Crippen LogP contribution in [0.25, 0.3) is 10.6 Å². The maximum atomic E-state index is 12.8. The van der Waals surface area contributed by atoms with E-state index in [4.69, 9.17) is 0 Å². The molecule has 1 aromatic carbocycles. The largest absolute Gasteiger partial charge is 0.310 e. The topological polar surface area (TPSA) is 59.8 Å². The second kappa shape index (κ2) is 8.16. The van der Waals surface area contributed by atoms with Crippen LogP contribution in [0.15, 0.2) is 52.7 Å². The van der Waals surface area contributed by atoms with Crippen molar-refractivity contribution in [2.45, 2.75) is 38.6 Å². The highest BCUT2D eigenvalue weighted by Crippen LogP contribution is 2.35. The van der Waals surface area contributed by atoms with Crippen LogP contribution in [0.5, 0.6) is 0 Å². The first-order chi connectivity index (χ1) is 14.7. The maximum Gasteiger partial charge on any atom is 0.231 e. The Morgan fingerprint density at radius 2 is 2.17 bits per heavy atom. The molecular weight excluding hydrogens is 412 g/mol. The van der Waals surface area contributed by atoms with Crippen LogP contribution in [0, 0.1) is 6.92 Å². The molecule has 30 heavy (non-hydrogen) atoms. The molecule has 7 heteroatoms. The van der Waals surface area contributed by atoms with E-state index in [1.54, 1.807) is 22.7 Å². The molecule has 5 nitrogen and oxygen atoms in total. The van der Waals surface area contributed by atoms with Gasteiger partial charge in [0.25, 0.3) is 0 Å². The molecule has 0 bridgehead atoms. The molecule has 3 heterocycles. The maximum absolute atomic E-state index is 12.8. The van der Waals surface area contributed by atoms with Gasteiger partial charge in [0.05, 0.1) is 24.4 Å². The van der Waals surface area contributed by atoms with Crippen molar-refractivity contribution in [2.75, 3.05) is 5.32 Å². The van der Waals surface area contributed by atoms with Crippen molar-refractivity contribution in [3.63, 3.8) is 0 Å². The molecule has 3 aromatic heterocycles. The summed E-state index contributed by atoms with van der Waals surface area (Å²) in [6.07, 6.45) is 5.34. The minimum atomic E-state index is -0.0638. The van der Waals surface area contributed by atoms with Crippen LogP contribution < -0.4 is 5.32 Å². The Labute approximate surface area is 183 Å². The number of nitrogens with one attached hydrogen (secondary N) is 1. The van der Waals surface area contributed by atoms with E-state index in [2.05, 4.69) is 51.1 Å². The number of fused-ring (bicyclic) bond motifs is 1. The zero-order valence-electron chi connectivity index (χ0n) is 16.7. The Kier molecular flexibility index (Phi) is 5.23. The van der Waals surface area contributed by atoms with Crippen molar-refractivity contribution in [1.29, 1.82) is 0 Å². The van der Waals surface area contributed by atoms with Crippen molar-refractivity contribution in [3.8, 4) is 10.6 Å². The number of carbonyl (C=O) groups is 1. The summed E-state index contributed by atoms with van der Waals surface area (Å²) in [5.74, 6) is 0.723. The number of aryl methyl sites for hydroxylation is 2. The second-order valence-electron chi connectivity index (χ2n) is 7.61. The summed E-state index contributed by atoms with van der Waals surface area (Å²) in [5.41, 5.74) is 5.57. The predicted octanol–water partition coefficient (Wildman–Crippen LogP) is 5.48. The Morgan fingerprint density at radius 1 is 1.27 bits per heavy atom. The molecule has 0 radical (unpaired) electrons. The summed E-state index contributed by atoms with van der Waals surface area (Å²) >= 11 is 3.23. The summed E-state index contributed by atoms with van der Waals surface area (Å²) in [6.45, 7) is 1.99. The summed E-state index contributed by atoms with van der Waals surface area (Å²) in [4.78, 5) is 17.5. The van der Waals surface area contributed by atoms with Crippen molar-refractivity contribution in [2.24, 2.45) is 0 Å². The van der Waals surface area contributed by atoms with E-state index < -0.39 is 0 Å². The third kappa shape index (κ3) is 3.70. The van der Waals surface area contributed by atoms with E-state index in [-0.39, 0.29) is 18.4 Å². The van der Waals surface area contributed by atoms with E-state index in [0.717, 1.165) is 46.9 Å². The first kappa shape index (κ1) is 19.2. The molecule has 0 saturated carbocycles. The fourth-order valence-corrected chi connectivity index (χ4v) is 5.60. The highest BCUT2D eigenvalue weighted by molar-refractivity contribution is 7.14. The highest BCUT2D eigenvalue weighted by Gasteiger charge is 2.25. The molecular formula is C23H22N4OS2. The van der Waals surface area contributed by atoms with Crippen LogP contribution in [0.2, 0.25) is 0 Å². The van der Waals surface area contributed by atoms with Crippen LogP contribution >= 0.6 is 22.7 Å². The van der Waals surface area contributed by atoms with Crippen LogP contribution in [-0.4, -0.2) is 20.7 Å². The molecule has 5 rings (SSSR count). The van der Waals surface area contributed by atoms with E-state index in [1.165, 1.54) is 11.1 Å². The molecule has 0 fully saturated rings. The van der Waals surface area contributed by atoms with E-state index >= 15 is 0 Å². The Bertz CT molecular complexity index is 1180. The number of aromatic nitrogens is 3. The number of anilines is 1. The number of hydrogen-bond acceptors (Lipinski definition) is 5. The van der Waals surface area contributed by atoms with Crippen molar-refractivity contribution in [1.82, 2.24) is 14.8 Å². The number of benzene rings is 1. The van der Waals surface area contributed by atoms with Gasteiger partial charge in [-0.3, -0.25) is 4.79 Å². The lowest BCUT2D eigenvalue weighted by molar-refractivity contribution is -0.115. The number of nitrogens with zero attached hydrogens (tertiary/aromatic N) is 3. The zero-order valence-corrected chi connectivity index (χ0v) is 18.3. The highest BCUT2D eigenvalue weighted by atomic mass is 32.1. The fraction of sp³-hybridized carbons (Fsp3) is 0.261. The van der Waals surface area contributed by atoms with Gasteiger partial charge >= 0.3 is 0 Å². The molecule has 1 atom stereocenters. The van der Waals surface area contributed by atoms with Crippen molar-refractivity contribution >= 4 is 34.4 Å². The quantitative estimate of drug-likeness (QED) is 0.452. The first-order valence-corrected chi connectivity index (χ1v) is 11.9. The van der Waals surface area contributed by atoms with Crippen LogP contribution in [-0.2, 0) is 17.6 Å². The molecule has 1 aliphatic rings. The number of thiophene rings is 1. The van der Waals surface area contributed by atoms with Crippen molar-refractivity contribution < 1.29 is 4.79 Å². The van der Waals surface area contributed by atoms with Gasteiger partial charge in [-0.25, -0.2) is 9.67 Å². The van der Waals surface area contributed by atoms with Crippen LogP contribution in [0.4, 0.5) is 5.82 Å². The molecule has 1 amide bonds. The Hall–Kier alpha value is -2.77. The Morgan fingerprint density at radius 3 is 3.03 bits per heavy atom. The van der Waals surface area contributed by atoms with Crippen molar-refractivity contribution in [3.05, 3.63) is 75.1 Å².